The minimum absolute atomic E-state index is 0.0371. The van der Waals surface area contributed by atoms with Crippen LogP contribution < -0.4 is 10.0 Å². The number of hydrogen-bond donors (Lipinski definition) is 2. The van der Waals surface area contributed by atoms with Gasteiger partial charge in [0.25, 0.3) is 0 Å². The van der Waals surface area contributed by atoms with Crippen LogP contribution in [0.15, 0.2) is 23.1 Å². The van der Waals surface area contributed by atoms with Gasteiger partial charge in [0.2, 0.25) is 15.9 Å². The van der Waals surface area contributed by atoms with Crippen LogP contribution in [0.5, 0.6) is 0 Å². The first-order valence-corrected chi connectivity index (χ1v) is 7.83. The first-order chi connectivity index (χ1) is 8.92. The Bertz CT molecular complexity index is 581. The lowest BCUT2D eigenvalue weighted by molar-refractivity contribution is -0.124. The summed E-state index contributed by atoms with van der Waals surface area (Å²) in [6.07, 6.45) is 1.25. The normalized spacial score (nSPS) is 20.1. The van der Waals surface area contributed by atoms with E-state index in [-0.39, 0.29) is 15.8 Å². The van der Waals surface area contributed by atoms with Crippen molar-refractivity contribution in [1.82, 2.24) is 10.0 Å². The molecule has 0 aromatic heterocycles. The molecule has 0 unspecified atom stereocenters. The molecule has 0 bridgehead atoms. The van der Waals surface area contributed by atoms with Crippen LogP contribution in [0.1, 0.15) is 18.4 Å². The fourth-order valence-electron chi connectivity index (χ4n) is 2.09. The van der Waals surface area contributed by atoms with Gasteiger partial charge in [0.1, 0.15) is 10.9 Å². The summed E-state index contributed by atoms with van der Waals surface area (Å²) in [6.45, 7) is 2.25. The van der Waals surface area contributed by atoms with Gasteiger partial charge in [-0.3, -0.25) is 4.79 Å². The van der Waals surface area contributed by atoms with Crippen molar-refractivity contribution in [1.29, 1.82) is 0 Å². The van der Waals surface area contributed by atoms with E-state index < -0.39 is 16.1 Å². The van der Waals surface area contributed by atoms with Gasteiger partial charge >= 0.3 is 0 Å². The Kier molecular flexibility index (Phi) is 4.13. The average molecular weight is 303 g/mol. The third kappa shape index (κ3) is 3.08. The molecule has 5 nitrogen and oxygen atoms in total. The number of carbonyl (C=O) groups excluding carboxylic acids is 1. The van der Waals surface area contributed by atoms with Gasteiger partial charge in [-0.2, -0.15) is 4.72 Å². The second kappa shape index (κ2) is 5.48. The summed E-state index contributed by atoms with van der Waals surface area (Å²) >= 11 is 5.95. The zero-order valence-electron chi connectivity index (χ0n) is 10.4. The predicted octanol–water partition coefficient (Wildman–Crippen LogP) is 1.21. The minimum atomic E-state index is -3.80. The number of hydrogen-bond acceptors (Lipinski definition) is 3. The molecule has 1 atom stereocenters. The number of nitrogens with one attached hydrogen (secondary N) is 2. The lowest BCUT2D eigenvalue weighted by Gasteiger charge is -2.23. The number of amides is 1. The van der Waals surface area contributed by atoms with Crippen LogP contribution in [0.2, 0.25) is 5.02 Å². The van der Waals surface area contributed by atoms with E-state index in [1.54, 1.807) is 19.1 Å². The van der Waals surface area contributed by atoms with Crippen LogP contribution >= 0.6 is 11.6 Å². The second-order valence-electron chi connectivity index (χ2n) is 4.49. The van der Waals surface area contributed by atoms with Gasteiger partial charge < -0.3 is 5.32 Å². The third-order valence-electron chi connectivity index (χ3n) is 3.02. The molecule has 2 N–H and O–H groups in total. The van der Waals surface area contributed by atoms with Gasteiger partial charge in [0.05, 0.1) is 5.02 Å². The monoisotopic (exact) mass is 302 g/mol. The maximum atomic E-state index is 12.3. The first-order valence-electron chi connectivity index (χ1n) is 5.97. The SMILES string of the molecule is Cc1cccc(Cl)c1S(=O)(=O)N[C@H]1CCCNC1=O. The minimum Gasteiger partial charge on any atom is -0.355 e. The van der Waals surface area contributed by atoms with Crippen molar-refractivity contribution in [2.75, 3.05) is 6.54 Å². The molecule has 0 aliphatic carbocycles. The van der Waals surface area contributed by atoms with E-state index in [0.29, 0.717) is 18.5 Å². The van der Waals surface area contributed by atoms with E-state index in [0.717, 1.165) is 6.42 Å². The predicted molar refractivity (Wildman–Crippen MR) is 72.5 cm³/mol. The molecule has 1 aromatic rings. The van der Waals surface area contributed by atoms with Crippen LogP contribution in [0.4, 0.5) is 0 Å². The molecule has 0 radical (unpaired) electrons. The summed E-state index contributed by atoms with van der Waals surface area (Å²) in [5, 5.41) is 2.79. The van der Waals surface area contributed by atoms with Crippen molar-refractivity contribution < 1.29 is 13.2 Å². The third-order valence-corrected chi connectivity index (χ3v) is 5.12. The van der Waals surface area contributed by atoms with Crippen molar-refractivity contribution >= 4 is 27.5 Å². The number of benzene rings is 1. The van der Waals surface area contributed by atoms with Crippen molar-refractivity contribution in [2.45, 2.75) is 30.7 Å². The first kappa shape index (κ1) is 14.3. The van der Waals surface area contributed by atoms with E-state index in [4.69, 9.17) is 11.6 Å². The molecule has 19 heavy (non-hydrogen) atoms. The number of rotatable bonds is 3. The van der Waals surface area contributed by atoms with Crippen LogP contribution in [0.3, 0.4) is 0 Å². The summed E-state index contributed by atoms with van der Waals surface area (Å²) in [5.41, 5.74) is 0.552. The number of aryl methyl sites for hydroxylation is 1. The molecule has 1 aliphatic heterocycles. The summed E-state index contributed by atoms with van der Waals surface area (Å²) in [4.78, 5) is 11.6. The molecule has 1 aliphatic rings. The highest BCUT2D eigenvalue weighted by Crippen LogP contribution is 2.25. The molecular weight excluding hydrogens is 288 g/mol. The van der Waals surface area contributed by atoms with E-state index in [1.807, 2.05) is 0 Å². The van der Waals surface area contributed by atoms with Gasteiger partial charge in [-0.25, -0.2) is 8.42 Å². The zero-order valence-corrected chi connectivity index (χ0v) is 12.0. The highest BCUT2D eigenvalue weighted by molar-refractivity contribution is 7.89. The lowest BCUT2D eigenvalue weighted by atomic mass is 10.1. The van der Waals surface area contributed by atoms with Crippen molar-refractivity contribution in [3.63, 3.8) is 0 Å². The summed E-state index contributed by atoms with van der Waals surface area (Å²) in [7, 11) is -3.80. The van der Waals surface area contributed by atoms with Crippen LogP contribution in [-0.2, 0) is 14.8 Å². The Morgan fingerprint density at radius 2 is 2.16 bits per heavy atom. The van der Waals surface area contributed by atoms with Gasteiger partial charge in [0, 0.05) is 6.54 Å². The molecule has 1 amide bonds. The quantitative estimate of drug-likeness (QED) is 0.881. The van der Waals surface area contributed by atoms with E-state index in [1.165, 1.54) is 6.07 Å². The Morgan fingerprint density at radius 3 is 2.79 bits per heavy atom. The number of sulfonamides is 1. The smallest absolute Gasteiger partial charge is 0.243 e. The van der Waals surface area contributed by atoms with Crippen LogP contribution in [0, 0.1) is 6.92 Å². The van der Waals surface area contributed by atoms with Crippen molar-refractivity contribution in [3.05, 3.63) is 28.8 Å². The largest absolute Gasteiger partial charge is 0.355 e. The van der Waals surface area contributed by atoms with Crippen LogP contribution in [-0.4, -0.2) is 26.9 Å². The molecule has 1 aromatic carbocycles. The highest BCUT2D eigenvalue weighted by Gasteiger charge is 2.29. The fraction of sp³-hybridized carbons (Fsp3) is 0.417. The summed E-state index contributed by atoms with van der Waals surface area (Å²) in [5.74, 6) is -0.292. The molecule has 1 heterocycles. The van der Waals surface area contributed by atoms with Crippen molar-refractivity contribution in [3.8, 4) is 0 Å². The highest BCUT2D eigenvalue weighted by atomic mass is 35.5. The fourth-order valence-corrected chi connectivity index (χ4v) is 4.15. The standard InChI is InChI=1S/C12H15ClN2O3S/c1-8-4-2-5-9(13)11(8)19(17,18)15-10-6-3-7-14-12(10)16/h2,4-5,10,15H,3,6-7H2,1H3,(H,14,16)/t10-/m0/s1. The topological polar surface area (TPSA) is 75.3 Å². The Labute approximate surface area is 117 Å². The zero-order chi connectivity index (χ0) is 14.0. The summed E-state index contributed by atoms with van der Waals surface area (Å²) in [6, 6.07) is 4.14. The Balaban J connectivity index is 2.30. The Morgan fingerprint density at radius 1 is 1.42 bits per heavy atom. The maximum absolute atomic E-state index is 12.3. The molecule has 1 fully saturated rings. The lowest BCUT2D eigenvalue weighted by Crippen LogP contribution is -2.50. The van der Waals surface area contributed by atoms with Gasteiger partial charge in [-0.1, -0.05) is 23.7 Å². The van der Waals surface area contributed by atoms with E-state index >= 15 is 0 Å². The van der Waals surface area contributed by atoms with Gasteiger partial charge in [0.15, 0.2) is 0 Å². The molecule has 7 heteroatoms. The number of halogens is 1. The number of piperidine rings is 1. The molecule has 2 rings (SSSR count). The molecule has 0 saturated carbocycles. The number of carbonyl (C=O) groups is 1. The van der Waals surface area contributed by atoms with Crippen molar-refractivity contribution in [2.24, 2.45) is 0 Å². The molecule has 104 valence electrons. The molecular formula is C12H15ClN2O3S. The van der Waals surface area contributed by atoms with E-state index in [2.05, 4.69) is 10.0 Å². The summed E-state index contributed by atoms with van der Waals surface area (Å²) < 4.78 is 27.0. The maximum Gasteiger partial charge on any atom is 0.243 e. The average Bonchev–Trinajstić information content (AvgIpc) is 2.31. The van der Waals surface area contributed by atoms with E-state index in [9.17, 15) is 13.2 Å². The van der Waals surface area contributed by atoms with Crippen LogP contribution in [0.25, 0.3) is 0 Å². The molecule has 0 spiro atoms. The Hall–Kier alpha value is -1.11. The van der Waals surface area contributed by atoms with Gasteiger partial charge in [-0.05, 0) is 31.4 Å². The molecule has 1 saturated heterocycles. The second-order valence-corrected chi connectivity index (χ2v) is 6.55. The van der Waals surface area contributed by atoms with Gasteiger partial charge in [-0.15, -0.1) is 0 Å².